The van der Waals surface area contributed by atoms with Gasteiger partial charge >= 0.3 is 5.97 Å². The van der Waals surface area contributed by atoms with E-state index in [-0.39, 0.29) is 6.42 Å². The van der Waals surface area contributed by atoms with Crippen molar-refractivity contribution >= 4 is 25.7 Å². The molecule has 0 aliphatic heterocycles. The minimum absolute atomic E-state index is 0.143. The Hall–Kier alpha value is -0.290. The molecule has 4 nitrogen and oxygen atoms in total. The van der Waals surface area contributed by atoms with E-state index in [9.17, 15) is 13.2 Å². The number of esters is 1. The number of rotatable bonds is 3. The lowest BCUT2D eigenvalue weighted by Gasteiger charge is -2.21. The van der Waals surface area contributed by atoms with Crippen LogP contribution in [0.25, 0.3) is 0 Å². The predicted molar refractivity (Wildman–Crippen MR) is 57.2 cm³/mol. The van der Waals surface area contributed by atoms with Crippen LogP contribution in [-0.2, 0) is 18.6 Å². The first-order chi connectivity index (χ1) is 6.56. The predicted octanol–water partition coefficient (Wildman–Crippen LogP) is 1.82. The van der Waals surface area contributed by atoms with E-state index in [4.69, 9.17) is 15.4 Å². The lowest BCUT2D eigenvalue weighted by atomic mass is 10.2. The van der Waals surface area contributed by atoms with Gasteiger partial charge in [0.25, 0.3) is 0 Å². The average Bonchev–Trinajstić information content (AvgIpc) is 2.61. The van der Waals surface area contributed by atoms with Crippen LogP contribution >= 0.6 is 10.7 Å². The van der Waals surface area contributed by atoms with Gasteiger partial charge < -0.3 is 4.74 Å². The molecule has 0 atom stereocenters. The van der Waals surface area contributed by atoms with Crippen LogP contribution in [0, 0.1) is 0 Å². The van der Waals surface area contributed by atoms with Gasteiger partial charge in [0.15, 0.2) is 0 Å². The largest absolute Gasteiger partial charge is 0.460 e. The highest BCUT2D eigenvalue weighted by atomic mass is 35.7. The summed E-state index contributed by atoms with van der Waals surface area (Å²) in [7, 11) is 1.60. The molecule has 0 aromatic heterocycles. The molecule has 0 bridgehead atoms. The molecule has 0 aromatic rings. The van der Waals surface area contributed by atoms with E-state index >= 15 is 0 Å². The highest BCUT2D eigenvalue weighted by Gasteiger charge is 2.55. The molecule has 88 valence electrons. The highest BCUT2D eigenvalue weighted by molar-refractivity contribution is 8.15. The second-order valence-electron chi connectivity index (χ2n) is 4.88. The summed E-state index contributed by atoms with van der Waals surface area (Å²) in [6.45, 7) is 5.21. The number of carbonyl (C=O) groups excluding carboxylic acids is 1. The van der Waals surface area contributed by atoms with Crippen LogP contribution in [0.2, 0.25) is 0 Å². The summed E-state index contributed by atoms with van der Waals surface area (Å²) in [5, 5.41) is 0. The van der Waals surface area contributed by atoms with Gasteiger partial charge in [0.05, 0.1) is 11.2 Å². The third kappa shape index (κ3) is 3.34. The molecule has 0 saturated heterocycles. The number of carbonyl (C=O) groups is 1. The lowest BCUT2D eigenvalue weighted by Crippen LogP contribution is -2.29. The molecule has 0 N–H and O–H groups in total. The zero-order chi connectivity index (χ0) is 11.9. The summed E-state index contributed by atoms with van der Waals surface area (Å²) in [4.78, 5) is 11.4. The SMILES string of the molecule is CC(C)(C)OC(=O)CC1(S(=O)(=O)Cl)CC1. The highest BCUT2D eigenvalue weighted by Crippen LogP contribution is 2.48. The van der Waals surface area contributed by atoms with Crippen molar-refractivity contribution in [2.75, 3.05) is 0 Å². The second kappa shape index (κ2) is 3.63. The van der Waals surface area contributed by atoms with Crippen molar-refractivity contribution in [3.05, 3.63) is 0 Å². The lowest BCUT2D eigenvalue weighted by molar-refractivity contribution is -0.154. The van der Waals surface area contributed by atoms with Crippen molar-refractivity contribution < 1.29 is 17.9 Å². The normalized spacial score (nSPS) is 19.7. The van der Waals surface area contributed by atoms with Crippen LogP contribution in [0.4, 0.5) is 0 Å². The summed E-state index contributed by atoms with van der Waals surface area (Å²) < 4.78 is 26.3. The summed E-state index contributed by atoms with van der Waals surface area (Å²) in [5.41, 5.74) is -0.594. The maximum atomic E-state index is 11.4. The molecule has 1 aliphatic rings. The van der Waals surface area contributed by atoms with Gasteiger partial charge in [-0.3, -0.25) is 4.79 Å². The summed E-state index contributed by atoms with van der Waals surface area (Å²) in [5.74, 6) is -0.510. The minimum atomic E-state index is -3.67. The molecular formula is C9H15ClO4S. The molecule has 0 aromatic carbocycles. The van der Waals surface area contributed by atoms with Crippen LogP contribution in [-0.4, -0.2) is 24.7 Å². The van der Waals surface area contributed by atoms with Gasteiger partial charge in [-0.05, 0) is 33.6 Å². The third-order valence-electron chi connectivity index (χ3n) is 2.21. The van der Waals surface area contributed by atoms with Crippen LogP contribution in [0.15, 0.2) is 0 Å². The molecule has 0 amide bonds. The van der Waals surface area contributed by atoms with E-state index < -0.39 is 25.4 Å². The zero-order valence-electron chi connectivity index (χ0n) is 9.04. The van der Waals surface area contributed by atoms with Gasteiger partial charge in [-0.15, -0.1) is 0 Å². The standard InChI is InChI=1S/C9H15ClO4S/c1-8(2,3)14-7(11)6-9(4-5-9)15(10,12)13/h4-6H2,1-3H3. The molecule has 0 spiro atoms. The Morgan fingerprint density at radius 2 is 1.87 bits per heavy atom. The van der Waals surface area contributed by atoms with Crippen molar-refractivity contribution in [3.63, 3.8) is 0 Å². The second-order valence-corrected chi connectivity index (χ2v) is 7.84. The van der Waals surface area contributed by atoms with E-state index in [0.717, 1.165) is 0 Å². The minimum Gasteiger partial charge on any atom is -0.460 e. The molecule has 0 unspecified atom stereocenters. The molecule has 1 saturated carbocycles. The molecule has 0 radical (unpaired) electrons. The summed E-state index contributed by atoms with van der Waals surface area (Å²) in [6, 6.07) is 0. The number of hydrogen-bond acceptors (Lipinski definition) is 4. The van der Waals surface area contributed by atoms with E-state index in [0.29, 0.717) is 12.8 Å². The van der Waals surface area contributed by atoms with Crippen LogP contribution in [0.3, 0.4) is 0 Å². The van der Waals surface area contributed by atoms with E-state index in [2.05, 4.69) is 0 Å². The van der Waals surface area contributed by atoms with Crippen molar-refractivity contribution in [3.8, 4) is 0 Å². The van der Waals surface area contributed by atoms with Gasteiger partial charge in [0, 0.05) is 10.7 Å². The molecule has 0 heterocycles. The average molecular weight is 255 g/mol. The van der Waals surface area contributed by atoms with Crippen molar-refractivity contribution in [1.29, 1.82) is 0 Å². The third-order valence-corrected chi connectivity index (χ3v) is 4.78. The Morgan fingerprint density at radius 3 is 2.13 bits per heavy atom. The van der Waals surface area contributed by atoms with Crippen molar-refractivity contribution in [1.82, 2.24) is 0 Å². The quantitative estimate of drug-likeness (QED) is 0.569. The first-order valence-corrected chi connectivity index (χ1v) is 7.03. The van der Waals surface area contributed by atoms with E-state index in [1.807, 2.05) is 0 Å². The number of ether oxygens (including phenoxy) is 1. The zero-order valence-corrected chi connectivity index (χ0v) is 10.6. The molecule has 1 rings (SSSR count). The van der Waals surface area contributed by atoms with Gasteiger partial charge in [0.2, 0.25) is 9.05 Å². The van der Waals surface area contributed by atoms with Crippen molar-refractivity contribution in [2.45, 2.75) is 50.4 Å². The Labute approximate surface area is 94.4 Å². The molecule has 15 heavy (non-hydrogen) atoms. The maximum Gasteiger partial charge on any atom is 0.307 e. The smallest absolute Gasteiger partial charge is 0.307 e. The van der Waals surface area contributed by atoms with Crippen LogP contribution in [0.5, 0.6) is 0 Å². The Morgan fingerprint density at radius 1 is 1.40 bits per heavy atom. The van der Waals surface area contributed by atoms with Gasteiger partial charge in [-0.2, -0.15) is 0 Å². The first-order valence-electron chi connectivity index (χ1n) is 4.72. The topological polar surface area (TPSA) is 60.4 Å². The first kappa shape index (κ1) is 12.8. The Kier molecular flexibility index (Phi) is 3.09. The number of halogens is 1. The van der Waals surface area contributed by atoms with Gasteiger partial charge in [-0.25, -0.2) is 8.42 Å². The molecule has 1 fully saturated rings. The fourth-order valence-electron chi connectivity index (χ4n) is 1.29. The molecule has 6 heteroatoms. The Balaban J connectivity index is 2.61. The molecule has 1 aliphatic carbocycles. The van der Waals surface area contributed by atoms with Crippen LogP contribution in [0.1, 0.15) is 40.0 Å². The summed E-state index contributed by atoms with van der Waals surface area (Å²) >= 11 is 0. The van der Waals surface area contributed by atoms with E-state index in [1.54, 1.807) is 20.8 Å². The summed E-state index contributed by atoms with van der Waals surface area (Å²) in [6.07, 6.45) is 0.742. The fourth-order valence-corrected chi connectivity index (χ4v) is 2.79. The maximum absolute atomic E-state index is 11.4. The van der Waals surface area contributed by atoms with Crippen molar-refractivity contribution in [2.24, 2.45) is 0 Å². The Bertz CT molecular complexity index is 362. The van der Waals surface area contributed by atoms with Gasteiger partial charge in [-0.1, -0.05) is 0 Å². The number of hydrogen-bond donors (Lipinski definition) is 0. The van der Waals surface area contributed by atoms with Gasteiger partial charge in [0.1, 0.15) is 5.60 Å². The van der Waals surface area contributed by atoms with Crippen LogP contribution < -0.4 is 0 Å². The van der Waals surface area contributed by atoms with E-state index in [1.165, 1.54) is 0 Å². The fraction of sp³-hybridized carbons (Fsp3) is 0.889. The monoisotopic (exact) mass is 254 g/mol. The molecular weight excluding hydrogens is 240 g/mol.